The summed E-state index contributed by atoms with van der Waals surface area (Å²) in [4.78, 5) is 0. The van der Waals surface area contributed by atoms with Crippen LogP contribution < -0.4 is 0 Å². The van der Waals surface area contributed by atoms with Gasteiger partial charge in [0.2, 0.25) is 5.28 Å². The Morgan fingerprint density at radius 2 is 2.00 bits per heavy atom. The number of aromatic nitrogens is 3. The van der Waals surface area contributed by atoms with E-state index in [1.54, 1.807) is 7.11 Å². The molecule has 6 heteroatoms. The average Bonchev–Trinajstić information content (AvgIpc) is 2.70. The van der Waals surface area contributed by atoms with E-state index in [2.05, 4.69) is 17.1 Å². The minimum atomic E-state index is 0.485. The Kier molecular flexibility index (Phi) is 7.96. The maximum absolute atomic E-state index is 6.00. The molecule has 0 aliphatic heterocycles. The van der Waals surface area contributed by atoms with Crippen molar-refractivity contribution >= 4 is 11.6 Å². The monoisotopic (exact) mass is 275 g/mol. The van der Waals surface area contributed by atoms with Crippen molar-refractivity contribution in [1.29, 1.82) is 0 Å². The van der Waals surface area contributed by atoms with E-state index in [1.807, 2.05) is 4.57 Å². The molecule has 104 valence electrons. The van der Waals surface area contributed by atoms with Crippen LogP contribution in [0.1, 0.15) is 32.0 Å². The Labute approximate surface area is 113 Å². The Morgan fingerprint density at radius 1 is 1.17 bits per heavy atom. The standard InChI is InChI=1S/C12H22ClN3O2/c1-3-6-11-14-15-12(13)16(11)7-4-5-8-18-10-9-17-2/h3-10H2,1-2H3. The minimum absolute atomic E-state index is 0.485. The molecule has 0 aliphatic carbocycles. The van der Waals surface area contributed by atoms with Crippen molar-refractivity contribution in [2.24, 2.45) is 0 Å². The molecule has 0 saturated heterocycles. The lowest BCUT2D eigenvalue weighted by atomic mass is 10.3. The highest BCUT2D eigenvalue weighted by Crippen LogP contribution is 2.11. The van der Waals surface area contributed by atoms with Crippen LogP contribution in [0.5, 0.6) is 0 Å². The van der Waals surface area contributed by atoms with Crippen molar-refractivity contribution in [3.8, 4) is 0 Å². The third-order valence-electron chi connectivity index (χ3n) is 2.61. The average molecular weight is 276 g/mol. The molecule has 1 heterocycles. The number of rotatable bonds is 10. The summed E-state index contributed by atoms with van der Waals surface area (Å²) in [5.74, 6) is 0.975. The lowest BCUT2D eigenvalue weighted by molar-refractivity contribution is 0.0684. The van der Waals surface area contributed by atoms with Crippen molar-refractivity contribution in [3.05, 3.63) is 11.1 Å². The van der Waals surface area contributed by atoms with Crippen LogP contribution in [0.15, 0.2) is 0 Å². The van der Waals surface area contributed by atoms with E-state index >= 15 is 0 Å². The van der Waals surface area contributed by atoms with Gasteiger partial charge in [-0.05, 0) is 30.9 Å². The van der Waals surface area contributed by atoms with Gasteiger partial charge in [-0.3, -0.25) is 0 Å². The van der Waals surface area contributed by atoms with Crippen LogP contribution >= 0.6 is 11.6 Å². The molecule has 0 aliphatic rings. The van der Waals surface area contributed by atoms with Gasteiger partial charge in [0, 0.05) is 26.7 Å². The summed E-state index contributed by atoms with van der Waals surface area (Å²) in [6.07, 6.45) is 3.99. The lowest BCUT2D eigenvalue weighted by Gasteiger charge is -2.07. The van der Waals surface area contributed by atoms with Crippen LogP contribution in [0.2, 0.25) is 5.28 Å². The molecule has 0 spiro atoms. The number of nitrogens with zero attached hydrogens (tertiary/aromatic N) is 3. The lowest BCUT2D eigenvalue weighted by Crippen LogP contribution is -2.07. The number of halogens is 1. The number of unbranched alkanes of at least 4 members (excludes halogenated alkanes) is 1. The van der Waals surface area contributed by atoms with Gasteiger partial charge in [-0.15, -0.1) is 10.2 Å². The summed E-state index contributed by atoms with van der Waals surface area (Å²) >= 11 is 6.00. The molecular formula is C12H22ClN3O2. The second kappa shape index (κ2) is 9.30. The molecule has 0 radical (unpaired) electrons. The van der Waals surface area contributed by atoms with Gasteiger partial charge in [-0.1, -0.05) is 6.92 Å². The molecule has 0 N–H and O–H groups in total. The van der Waals surface area contributed by atoms with Crippen molar-refractivity contribution in [2.75, 3.05) is 26.9 Å². The molecule has 0 atom stereocenters. The van der Waals surface area contributed by atoms with Gasteiger partial charge in [0.05, 0.1) is 13.2 Å². The predicted molar refractivity (Wildman–Crippen MR) is 71.0 cm³/mol. The summed E-state index contributed by atoms with van der Waals surface area (Å²) in [7, 11) is 1.67. The van der Waals surface area contributed by atoms with E-state index in [4.69, 9.17) is 21.1 Å². The fourth-order valence-electron chi connectivity index (χ4n) is 1.66. The summed E-state index contributed by atoms with van der Waals surface area (Å²) in [5, 5.41) is 8.47. The van der Waals surface area contributed by atoms with Gasteiger partial charge in [0.1, 0.15) is 5.82 Å². The highest BCUT2D eigenvalue weighted by molar-refractivity contribution is 6.28. The Morgan fingerprint density at radius 3 is 2.72 bits per heavy atom. The highest BCUT2D eigenvalue weighted by atomic mass is 35.5. The quantitative estimate of drug-likeness (QED) is 0.615. The number of hydrogen-bond acceptors (Lipinski definition) is 4. The largest absolute Gasteiger partial charge is 0.382 e. The second-order valence-electron chi connectivity index (χ2n) is 4.10. The topological polar surface area (TPSA) is 49.2 Å². The number of hydrogen-bond donors (Lipinski definition) is 0. The third kappa shape index (κ3) is 5.33. The minimum Gasteiger partial charge on any atom is -0.382 e. The molecule has 0 unspecified atom stereocenters. The highest BCUT2D eigenvalue weighted by Gasteiger charge is 2.08. The maximum Gasteiger partial charge on any atom is 0.225 e. The smallest absolute Gasteiger partial charge is 0.225 e. The van der Waals surface area contributed by atoms with E-state index in [0.29, 0.717) is 18.5 Å². The van der Waals surface area contributed by atoms with Gasteiger partial charge >= 0.3 is 0 Å². The van der Waals surface area contributed by atoms with Crippen molar-refractivity contribution < 1.29 is 9.47 Å². The molecular weight excluding hydrogens is 254 g/mol. The van der Waals surface area contributed by atoms with Crippen LogP contribution in [0.3, 0.4) is 0 Å². The number of aryl methyl sites for hydroxylation is 1. The molecule has 0 aromatic carbocycles. The normalized spacial score (nSPS) is 11.1. The van der Waals surface area contributed by atoms with E-state index in [0.717, 1.165) is 44.7 Å². The molecule has 1 aromatic rings. The molecule has 0 saturated carbocycles. The van der Waals surface area contributed by atoms with Crippen molar-refractivity contribution in [3.63, 3.8) is 0 Å². The molecule has 1 aromatic heterocycles. The first-order valence-corrected chi connectivity index (χ1v) is 6.81. The van der Waals surface area contributed by atoms with Crippen molar-refractivity contribution in [1.82, 2.24) is 14.8 Å². The van der Waals surface area contributed by atoms with Gasteiger partial charge < -0.3 is 14.0 Å². The molecule has 0 fully saturated rings. The SMILES string of the molecule is CCCc1nnc(Cl)n1CCCCOCCOC. The summed E-state index contributed by atoms with van der Waals surface area (Å²) in [6, 6.07) is 0. The summed E-state index contributed by atoms with van der Waals surface area (Å²) in [6.45, 7) is 5.04. The summed E-state index contributed by atoms with van der Waals surface area (Å²) < 4.78 is 12.3. The first-order valence-electron chi connectivity index (χ1n) is 6.43. The Bertz CT molecular complexity index is 331. The zero-order chi connectivity index (χ0) is 13.2. The van der Waals surface area contributed by atoms with Crippen LogP contribution in [-0.4, -0.2) is 41.7 Å². The van der Waals surface area contributed by atoms with Crippen LogP contribution in [-0.2, 0) is 22.4 Å². The van der Waals surface area contributed by atoms with Gasteiger partial charge in [0.25, 0.3) is 0 Å². The van der Waals surface area contributed by atoms with Gasteiger partial charge in [0.15, 0.2) is 0 Å². The zero-order valence-electron chi connectivity index (χ0n) is 11.2. The van der Waals surface area contributed by atoms with Crippen LogP contribution in [0.25, 0.3) is 0 Å². The first-order chi connectivity index (χ1) is 8.79. The van der Waals surface area contributed by atoms with Gasteiger partial charge in [-0.2, -0.15) is 0 Å². The van der Waals surface area contributed by atoms with E-state index in [-0.39, 0.29) is 0 Å². The molecule has 1 rings (SSSR count). The van der Waals surface area contributed by atoms with Gasteiger partial charge in [-0.25, -0.2) is 0 Å². The number of methoxy groups -OCH3 is 1. The fourth-order valence-corrected chi connectivity index (χ4v) is 1.88. The van der Waals surface area contributed by atoms with E-state index in [9.17, 15) is 0 Å². The number of ether oxygens (including phenoxy) is 2. The second-order valence-corrected chi connectivity index (χ2v) is 4.44. The molecule has 18 heavy (non-hydrogen) atoms. The van der Waals surface area contributed by atoms with Crippen molar-refractivity contribution in [2.45, 2.75) is 39.2 Å². The molecule has 0 amide bonds. The van der Waals surface area contributed by atoms with Crippen LogP contribution in [0.4, 0.5) is 0 Å². The van der Waals surface area contributed by atoms with Crippen LogP contribution in [0, 0.1) is 0 Å². The molecule has 0 bridgehead atoms. The van der Waals surface area contributed by atoms with E-state index in [1.165, 1.54) is 0 Å². The summed E-state index contributed by atoms with van der Waals surface area (Å²) in [5.41, 5.74) is 0. The maximum atomic E-state index is 6.00. The Balaban J connectivity index is 2.20. The van der Waals surface area contributed by atoms with E-state index < -0.39 is 0 Å². The fraction of sp³-hybridized carbons (Fsp3) is 0.833. The Hall–Kier alpha value is -0.650. The first kappa shape index (κ1) is 15.4. The predicted octanol–water partition coefficient (Wildman–Crippen LogP) is 2.33. The third-order valence-corrected chi connectivity index (χ3v) is 2.89. The molecule has 5 nitrogen and oxygen atoms in total. The zero-order valence-corrected chi connectivity index (χ0v) is 11.9.